The Morgan fingerprint density at radius 1 is 1.26 bits per heavy atom. The largest absolute Gasteiger partial charge is 0.496 e. The zero-order chi connectivity index (χ0) is 14.0. The van der Waals surface area contributed by atoms with E-state index in [4.69, 9.17) is 4.74 Å². The number of rotatable bonds is 4. The maximum atomic E-state index is 5.60. The van der Waals surface area contributed by atoms with Crippen molar-refractivity contribution in [2.24, 2.45) is 0 Å². The number of aryl methyl sites for hydroxylation is 2. The van der Waals surface area contributed by atoms with Gasteiger partial charge in [-0.25, -0.2) is 0 Å². The molecule has 5 heteroatoms. The fraction of sp³-hybridized carbons (Fsp3) is 0.429. The molecule has 2 aromatic rings. The molecule has 2 rings (SSSR count). The van der Waals surface area contributed by atoms with Crippen molar-refractivity contribution in [2.75, 3.05) is 14.2 Å². The molecule has 1 atom stereocenters. The van der Waals surface area contributed by atoms with Crippen LogP contribution in [-0.2, 0) is 0 Å². The molecular weight excluding hydrogens is 258 g/mol. The fourth-order valence-electron chi connectivity index (χ4n) is 2.24. The molecule has 0 saturated heterocycles. The molecule has 19 heavy (non-hydrogen) atoms. The van der Waals surface area contributed by atoms with Crippen molar-refractivity contribution < 1.29 is 4.74 Å². The van der Waals surface area contributed by atoms with Crippen LogP contribution in [0.15, 0.2) is 12.1 Å². The van der Waals surface area contributed by atoms with Crippen LogP contribution in [0.2, 0.25) is 0 Å². The highest BCUT2D eigenvalue weighted by Crippen LogP contribution is 2.35. The summed E-state index contributed by atoms with van der Waals surface area (Å²) in [6.45, 7) is 6.16. The number of ether oxygens (including phenoxy) is 1. The first-order valence-electron chi connectivity index (χ1n) is 6.20. The van der Waals surface area contributed by atoms with E-state index in [2.05, 4.69) is 40.9 Å². The highest BCUT2D eigenvalue weighted by molar-refractivity contribution is 7.05. The molecule has 0 aliphatic carbocycles. The van der Waals surface area contributed by atoms with Crippen LogP contribution in [0.1, 0.15) is 33.3 Å². The average molecular weight is 277 g/mol. The van der Waals surface area contributed by atoms with Gasteiger partial charge in [-0.15, -0.1) is 5.10 Å². The highest BCUT2D eigenvalue weighted by atomic mass is 32.1. The number of nitrogens with one attached hydrogen (secondary N) is 1. The van der Waals surface area contributed by atoms with Crippen molar-refractivity contribution in [3.8, 4) is 5.75 Å². The predicted molar refractivity (Wildman–Crippen MR) is 78.0 cm³/mol. The lowest BCUT2D eigenvalue weighted by molar-refractivity contribution is 0.402. The number of methoxy groups -OCH3 is 1. The molecule has 0 amide bonds. The minimum Gasteiger partial charge on any atom is -0.496 e. The van der Waals surface area contributed by atoms with Gasteiger partial charge in [0.25, 0.3) is 0 Å². The van der Waals surface area contributed by atoms with Crippen LogP contribution in [-0.4, -0.2) is 23.7 Å². The Morgan fingerprint density at radius 3 is 2.53 bits per heavy atom. The summed E-state index contributed by atoms with van der Waals surface area (Å²) in [5, 5.41) is 7.43. The van der Waals surface area contributed by atoms with E-state index >= 15 is 0 Å². The lowest BCUT2D eigenvalue weighted by Gasteiger charge is -2.20. The van der Waals surface area contributed by atoms with Gasteiger partial charge in [-0.1, -0.05) is 16.6 Å². The maximum absolute atomic E-state index is 5.60. The van der Waals surface area contributed by atoms with Crippen LogP contribution in [0.5, 0.6) is 5.75 Å². The Kier molecular flexibility index (Phi) is 4.17. The normalized spacial score (nSPS) is 12.5. The lowest BCUT2D eigenvalue weighted by Crippen LogP contribution is -2.18. The summed E-state index contributed by atoms with van der Waals surface area (Å²) in [7, 11) is 3.66. The number of nitrogens with zero attached hydrogens (tertiary/aromatic N) is 2. The van der Waals surface area contributed by atoms with Crippen molar-refractivity contribution in [3.05, 3.63) is 39.4 Å². The monoisotopic (exact) mass is 277 g/mol. The third-order valence-corrected chi connectivity index (χ3v) is 4.35. The van der Waals surface area contributed by atoms with E-state index in [1.807, 2.05) is 14.0 Å². The van der Waals surface area contributed by atoms with Gasteiger partial charge in [0.1, 0.15) is 5.75 Å². The van der Waals surface area contributed by atoms with Gasteiger partial charge >= 0.3 is 0 Å². The van der Waals surface area contributed by atoms with E-state index in [1.54, 1.807) is 7.11 Å². The van der Waals surface area contributed by atoms with Gasteiger partial charge in [0.15, 0.2) is 0 Å². The smallest absolute Gasteiger partial charge is 0.127 e. The second-order valence-electron chi connectivity index (χ2n) is 4.57. The highest BCUT2D eigenvalue weighted by Gasteiger charge is 2.22. The summed E-state index contributed by atoms with van der Waals surface area (Å²) < 4.78 is 9.62. The summed E-state index contributed by atoms with van der Waals surface area (Å²) in [6.07, 6.45) is 0. The van der Waals surface area contributed by atoms with E-state index in [0.717, 1.165) is 21.9 Å². The predicted octanol–water partition coefficient (Wildman–Crippen LogP) is 2.78. The SMILES string of the molecule is CNC(c1ccc(C)c(C)c1OC)c1snnc1C. The molecule has 0 bridgehead atoms. The van der Waals surface area contributed by atoms with Crippen LogP contribution in [0.25, 0.3) is 0 Å². The van der Waals surface area contributed by atoms with E-state index < -0.39 is 0 Å². The van der Waals surface area contributed by atoms with Gasteiger partial charge in [0, 0.05) is 5.56 Å². The Balaban J connectivity index is 2.56. The third kappa shape index (κ3) is 2.48. The molecule has 4 nitrogen and oxygen atoms in total. The van der Waals surface area contributed by atoms with Crippen molar-refractivity contribution in [1.29, 1.82) is 0 Å². The number of aromatic nitrogens is 2. The molecule has 0 fully saturated rings. The van der Waals surface area contributed by atoms with Crippen molar-refractivity contribution >= 4 is 11.5 Å². The molecule has 102 valence electrons. The summed E-state index contributed by atoms with van der Waals surface area (Å²) in [5.74, 6) is 0.937. The minimum atomic E-state index is 0.0641. The van der Waals surface area contributed by atoms with E-state index in [9.17, 15) is 0 Å². The maximum Gasteiger partial charge on any atom is 0.127 e. The first kappa shape index (κ1) is 14.0. The summed E-state index contributed by atoms with van der Waals surface area (Å²) in [6, 6.07) is 4.30. The van der Waals surface area contributed by atoms with E-state index in [1.165, 1.54) is 22.7 Å². The second kappa shape index (κ2) is 5.67. The standard InChI is InChI=1S/C14H19N3OS/c1-8-6-7-11(13(18-5)9(8)2)12(15-4)14-10(3)16-17-19-14/h6-7,12,15H,1-5H3. The topological polar surface area (TPSA) is 47.0 Å². The molecule has 0 aliphatic heterocycles. The van der Waals surface area contributed by atoms with E-state index in [-0.39, 0.29) is 6.04 Å². The molecule has 0 aliphatic rings. The Labute approximate surface area is 118 Å². The first-order valence-corrected chi connectivity index (χ1v) is 6.97. The van der Waals surface area contributed by atoms with Gasteiger partial charge in [-0.2, -0.15) is 0 Å². The molecule has 1 aromatic carbocycles. The van der Waals surface area contributed by atoms with Gasteiger partial charge in [-0.3, -0.25) is 0 Å². The van der Waals surface area contributed by atoms with Crippen LogP contribution in [0.3, 0.4) is 0 Å². The average Bonchev–Trinajstić information content (AvgIpc) is 2.81. The fourth-order valence-corrected chi connectivity index (χ4v) is 3.01. The molecule has 0 spiro atoms. The molecular formula is C14H19N3OS. The van der Waals surface area contributed by atoms with Gasteiger partial charge in [0.05, 0.1) is 23.7 Å². The van der Waals surface area contributed by atoms with E-state index in [0.29, 0.717) is 0 Å². The molecule has 0 radical (unpaired) electrons. The van der Waals surface area contributed by atoms with Gasteiger partial charge in [0.2, 0.25) is 0 Å². The third-order valence-electron chi connectivity index (χ3n) is 3.46. The molecule has 1 N–H and O–H groups in total. The number of hydrogen-bond donors (Lipinski definition) is 1. The number of benzene rings is 1. The second-order valence-corrected chi connectivity index (χ2v) is 5.36. The molecule has 0 saturated carbocycles. The Morgan fingerprint density at radius 2 is 2.00 bits per heavy atom. The van der Waals surface area contributed by atoms with Crippen LogP contribution in [0, 0.1) is 20.8 Å². The molecule has 1 aromatic heterocycles. The summed E-state index contributed by atoms with van der Waals surface area (Å²) in [4.78, 5) is 1.13. The van der Waals surface area contributed by atoms with Gasteiger partial charge in [-0.05, 0) is 50.5 Å². The summed E-state index contributed by atoms with van der Waals surface area (Å²) in [5.41, 5.74) is 4.50. The van der Waals surface area contributed by atoms with Crippen LogP contribution in [0.4, 0.5) is 0 Å². The molecule has 1 unspecified atom stereocenters. The summed E-state index contributed by atoms with van der Waals surface area (Å²) >= 11 is 1.43. The quantitative estimate of drug-likeness (QED) is 0.933. The zero-order valence-electron chi connectivity index (χ0n) is 11.9. The Hall–Kier alpha value is -1.46. The Bertz CT molecular complexity index is 580. The van der Waals surface area contributed by atoms with Crippen LogP contribution >= 0.6 is 11.5 Å². The minimum absolute atomic E-state index is 0.0641. The van der Waals surface area contributed by atoms with Crippen molar-refractivity contribution in [1.82, 2.24) is 14.9 Å². The zero-order valence-corrected chi connectivity index (χ0v) is 12.8. The lowest BCUT2D eigenvalue weighted by atomic mass is 9.97. The van der Waals surface area contributed by atoms with Crippen LogP contribution < -0.4 is 10.1 Å². The van der Waals surface area contributed by atoms with Crippen molar-refractivity contribution in [2.45, 2.75) is 26.8 Å². The van der Waals surface area contributed by atoms with Crippen molar-refractivity contribution in [3.63, 3.8) is 0 Å². The number of hydrogen-bond acceptors (Lipinski definition) is 5. The van der Waals surface area contributed by atoms with Gasteiger partial charge < -0.3 is 10.1 Å². The first-order chi connectivity index (χ1) is 9.10. The molecule has 1 heterocycles.